The number of imidazole rings is 1. The molecule has 0 N–H and O–H groups in total. The fraction of sp³-hybridized carbons (Fsp3) is 0.407. The van der Waals surface area contributed by atoms with Gasteiger partial charge in [-0.2, -0.15) is 0 Å². The lowest BCUT2D eigenvalue weighted by molar-refractivity contribution is -0.143. The van der Waals surface area contributed by atoms with E-state index in [1.54, 1.807) is 0 Å². The molecule has 3 aromatic rings. The van der Waals surface area contributed by atoms with Crippen LogP contribution in [0.5, 0.6) is 0 Å². The van der Waals surface area contributed by atoms with Gasteiger partial charge in [0.05, 0.1) is 18.7 Å². The molecule has 0 saturated heterocycles. The normalized spacial score (nSPS) is 15.1. The molecule has 1 aliphatic rings. The predicted octanol–water partition coefficient (Wildman–Crippen LogP) is 6.32. The second-order valence-electron chi connectivity index (χ2n) is 8.66. The SMILES string of the molecule is CCOC(=O)C[C@@H]1CCc2cc(CCCc3c(C)nc(-c4ccc(Br)cc4)n3C)ccc21. The molecule has 1 aromatic heterocycles. The molecular weight excluding hydrogens is 464 g/mol. The summed E-state index contributed by atoms with van der Waals surface area (Å²) in [6, 6.07) is 15.2. The van der Waals surface area contributed by atoms with Gasteiger partial charge in [0.25, 0.3) is 0 Å². The molecule has 0 bridgehead atoms. The van der Waals surface area contributed by atoms with Gasteiger partial charge in [-0.25, -0.2) is 4.98 Å². The van der Waals surface area contributed by atoms with Crippen LogP contribution in [0.25, 0.3) is 11.4 Å². The van der Waals surface area contributed by atoms with Gasteiger partial charge in [0, 0.05) is 22.8 Å². The molecule has 0 radical (unpaired) electrons. The van der Waals surface area contributed by atoms with E-state index in [0.29, 0.717) is 18.9 Å². The van der Waals surface area contributed by atoms with E-state index in [2.05, 4.69) is 76.9 Å². The number of carbonyl (C=O) groups excluding carboxylic acids is 1. The Labute approximate surface area is 199 Å². The summed E-state index contributed by atoms with van der Waals surface area (Å²) >= 11 is 3.50. The number of benzene rings is 2. The molecule has 0 aliphatic heterocycles. The fourth-order valence-electron chi connectivity index (χ4n) is 4.88. The van der Waals surface area contributed by atoms with Crippen molar-refractivity contribution in [3.05, 3.63) is 75.0 Å². The number of nitrogens with zero attached hydrogens (tertiary/aromatic N) is 2. The van der Waals surface area contributed by atoms with E-state index in [-0.39, 0.29) is 5.97 Å². The Balaban J connectivity index is 1.38. The molecule has 4 nitrogen and oxygen atoms in total. The van der Waals surface area contributed by atoms with Crippen molar-refractivity contribution in [3.63, 3.8) is 0 Å². The number of fused-ring (bicyclic) bond motifs is 1. The number of aryl methyl sites for hydroxylation is 3. The predicted molar refractivity (Wildman–Crippen MR) is 132 cm³/mol. The second-order valence-corrected chi connectivity index (χ2v) is 9.58. The van der Waals surface area contributed by atoms with Crippen molar-refractivity contribution >= 4 is 21.9 Å². The van der Waals surface area contributed by atoms with Crippen LogP contribution in [0.3, 0.4) is 0 Å². The maximum absolute atomic E-state index is 11.9. The molecule has 5 heteroatoms. The van der Waals surface area contributed by atoms with Gasteiger partial charge in [0.1, 0.15) is 5.82 Å². The van der Waals surface area contributed by atoms with Crippen molar-refractivity contribution < 1.29 is 9.53 Å². The van der Waals surface area contributed by atoms with Gasteiger partial charge >= 0.3 is 5.97 Å². The molecule has 0 amide bonds. The maximum Gasteiger partial charge on any atom is 0.306 e. The standard InChI is InChI=1S/C27H31BrN2O2/c1-4-32-26(31)17-22-10-9-21-16-19(8-15-24(21)22)6-5-7-25-18(2)29-27(30(25)3)20-11-13-23(28)14-12-20/h8,11-16,22H,4-7,9-10,17H2,1-3H3/t22-/m0/s1. The molecule has 1 atom stereocenters. The lowest BCUT2D eigenvalue weighted by atomic mass is 9.95. The Morgan fingerprint density at radius 3 is 2.72 bits per heavy atom. The van der Waals surface area contributed by atoms with E-state index >= 15 is 0 Å². The van der Waals surface area contributed by atoms with Crippen LogP contribution in [-0.4, -0.2) is 22.1 Å². The largest absolute Gasteiger partial charge is 0.466 e. The third kappa shape index (κ3) is 4.98. The quantitative estimate of drug-likeness (QED) is 0.344. The molecule has 2 aromatic carbocycles. The number of halogens is 1. The maximum atomic E-state index is 11.9. The number of rotatable bonds is 8. The Bertz CT molecular complexity index is 1100. The molecule has 168 valence electrons. The first-order chi connectivity index (χ1) is 15.5. The first-order valence-electron chi connectivity index (χ1n) is 11.5. The van der Waals surface area contributed by atoms with Gasteiger partial charge in [-0.15, -0.1) is 0 Å². The molecule has 0 fully saturated rings. The molecule has 32 heavy (non-hydrogen) atoms. The molecule has 1 aliphatic carbocycles. The zero-order valence-electron chi connectivity index (χ0n) is 19.2. The Hall–Kier alpha value is -2.40. The van der Waals surface area contributed by atoms with Crippen LogP contribution in [0.4, 0.5) is 0 Å². The summed E-state index contributed by atoms with van der Waals surface area (Å²) in [5, 5.41) is 0. The highest BCUT2D eigenvalue weighted by Gasteiger charge is 2.25. The van der Waals surface area contributed by atoms with Gasteiger partial charge < -0.3 is 9.30 Å². The Kier molecular flexibility index (Phi) is 7.14. The minimum absolute atomic E-state index is 0.0801. The van der Waals surface area contributed by atoms with Gasteiger partial charge in [0.15, 0.2) is 0 Å². The van der Waals surface area contributed by atoms with E-state index in [4.69, 9.17) is 9.72 Å². The molecule has 1 heterocycles. The summed E-state index contributed by atoms with van der Waals surface area (Å²) < 4.78 is 8.46. The number of aromatic nitrogens is 2. The van der Waals surface area contributed by atoms with Crippen molar-refractivity contribution in [2.45, 2.75) is 58.3 Å². The Morgan fingerprint density at radius 2 is 1.97 bits per heavy atom. The van der Waals surface area contributed by atoms with Gasteiger partial charge in [0.2, 0.25) is 0 Å². The molecule has 0 unspecified atom stereocenters. The second kappa shape index (κ2) is 10.0. The Morgan fingerprint density at radius 1 is 1.19 bits per heavy atom. The summed E-state index contributed by atoms with van der Waals surface area (Å²) in [6.07, 6.45) is 5.75. The van der Waals surface area contributed by atoms with Crippen LogP contribution in [0, 0.1) is 6.92 Å². The summed E-state index contributed by atoms with van der Waals surface area (Å²) in [5.74, 6) is 1.26. The number of ether oxygens (including phenoxy) is 1. The lowest BCUT2D eigenvalue weighted by Gasteiger charge is -2.12. The van der Waals surface area contributed by atoms with Crippen LogP contribution in [0.1, 0.15) is 60.2 Å². The van der Waals surface area contributed by atoms with E-state index in [1.165, 1.54) is 22.4 Å². The third-order valence-corrected chi connectivity index (χ3v) is 7.05. The molecule has 4 rings (SSSR count). The molecular formula is C27H31BrN2O2. The average molecular weight is 495 g/mol. The minimum atomic E-state index is -0.0801. The number of carbonyl (C=O) groups is 1. The lowest BCUT2D eigenvalue weighted by Crippen LogP contribution is -2.08. The number of esters is 1. The average Bonchev–Trinajstić information content (AvgIpc) is 3.29. The van der Waals surface area contributed by atoms with Crippen LogP contribution in [0.2, 0.25) is 0 Å². The molecule has 0 saturated carbocycles. The van der Waals surface area contributed by atoms with E-state index in [9.17, 15) is 4.79 Å². The topological polar surface area (TPSA) is 44.1 Å². The smallest absolute Gasteiger partial charge is 0.306 e. The number of hydrogen-bond acceptors (Lipinski definition) is 3. The van der Waals surface area contributed by atoms with Gasteiger partial charge in [-0.3, -0.25) is 4.79 Å². The van der Waals surface area contributed by atoms with Crippen molar-refractivity contribution in [1.29, 1.82) is 0 Å². The summed E-state index contributed by atoms with van der Waals surface area (Å²) in [6.45, 7) is 4.43. The van der Waals surface area contributed by atoms with Crippen LogP contribution in [0.15, 0.2) is 46.9 Å². The van der Waals surface area contributed by atoms with Crippen molar-refractivity contribution in [2.75, 3.05) is 6.61 Å². The third-order valence-electron chi connectivity index (χ3n) is 6.52. The fourth-order valence-corrected chi connectivity index (χ4v) is 5.15. The van der Waals surface area contributed by atoms with E-state index in [0.717, 1.165) is 53.7 Å². The van der Waals surface area contributed by atoms with E-state index < -0.39 is 0 Å². The summed E-state index contributed by atoms with van der Waals surface area (Å²) in [7, 11) is 2.12. The van der Waals surface area contributed by atoms with Crippen molar-refractivity contribution in [3.8, 4) is 11.4 Å². The highest BCUT2D eigenvalue weighted by molar-refractivity contribution is 9.10. The van der Waals surface area contributed by atoms with E-state index in [1.807, 2.05) is 6.92 Å². The number of hydrogen-bond donors (Lipinski definition) is 0. The zero-order valence-corrected chi connectivity index (χ0v) is 20.7. The molecule has 0 spiro atoms. The van der Waals surface area contributed by atoms with Crippen molar-refractivity contribution in [1.82, 2.24) is 9.55 Å². The van der Waals surface area contributed by atoms with Gasteiger partial charge in [-0.05, 0) is 80.7 Å². The highest BCUT2D eigenvalue weighted by Crippen LogP contribution is 2.36. The van der Waals surface area contributed by atoms with Crippen LogP contribution >= 0.6 is 15.9 Å². The first-order valence-corrected chi connectivity index (χ1v) is 12.3. The highest BCUT2D eigenvalue weighted by atomic mass is 79.9. The summed E-state index contributed by atoms with van der Waals surface area (Å²) in [4.78, 5) is 16.7. The van der Waals surface area contributed by atoms with Crippen molar-refractivity contribution in [2.24, 2.45) is 7.05 Å². The minimum Gasteiger partial charge on any atom is -0.466 e. The first kappa shape index (κ1) is 22.8. The van der Waals surface area contributed by atoms with Crippen LogP contribution < -0.4 is 0 Å². The van der Waals surface area contributed by atoms with Gasteiger partial charge in [-0.1, -0.05) is 46.3 Å². The summed E-state index contributed by atoms with van der Waals surface area (Å²) in [5.41, 5.74) is 7.68. The zero-order chi connectivity index (χ0) is 22.7. The van der Waals surface area contributed by atoms with Crippen LogP contribution in [-0.2, 0) is 35.8 Å². The monoisotopic (exact) mass is 494 g/mol.